The normalized spacial score (nSPS) is 13.7. The van der Waals surface area contributed by atoms with Crippen molar-refractivity contribution >= 4 is 72.0 Å². The summed E-state index contributed by atoms with van der Waals surface area (Å²) in [6.45, 7) is 22.3. The van der Waals surface area contributed by atoms with Gasteiger partial charge in [0, 0.05) is 33.7 Å². The van der Waals surface area contributed by atoms with Crippen LogP contribution >= 0.6 is 22.7 Å². The summed E-state index contributed by atoms with van der Waals surface area (Å²) in [5, 5.41) is 11.6. The lowest BCUT2D eigenvalue weighted by atomic mass is 10.2. The molecule has 1 aromatic carbocycles. The first-order valence-corrected chi connectivity index (χ1v) is 24.9. The van der Waals surface area contributed by atoms with Gasteiger partial charge in [0.15, 0.2) is 35.6 Å². The van der Waals surface area contributed by atoms with E-state index in [1.165, 1.54) is 18.4 Å². The first-order chi connectivity index (χ1) is 23.0. The molecular formula is C34H52N6O5S2Si2. The number of hydrogen-bond acceptors (Lipinski definition) is 12. The fourth-order valence-corrected chi connectivity index (χ4v) is 8.66. The molecule has 0 amide bonds. The highest BCUT2D eigenvalue weighted by molar-refractivity contribution is 7.16. The average Bonchev–Trinajstić information content (AvgIpc) is 3.64. The van der Waals surface area contributed by atoms with Crippen LogP contribution in [0, 0.1) is 6.92 Å². The number of ether oxygens (including phenoxy) is 3. The number of carbonyl (C=O) groups excluding carboxylic acids is 1. The molecular weight excluding hydrogens is 693 g/mol. The molecule has 0 bridgehead atoms. The van der Waals surface area contributed by atoms with E-state index in [-0.39, 0.29) is 16.8 Å². The van der Waals surface area contributed by atoms with Gasteiger partial charge < -0.3 is 23.5 Å². The molecule has 1 unspecified atom stereocenters. The number of hydrogen-bond donors (Lipinski definition) is 0. The summed E-state index contributed by atoms with van der Waals surface area (Å²) >= 11 is 2.95. The lowest BCUT2D eigenvalue weighted by Gasteiger charge is -2.39. The average molecular weight is 745 g/mol. The highest BCUT2D eigenvalue weighted by atomic mass is 32.1. The van der Waals surface area contributed by atoms with Crippen molar-refractivity contribution in [1.82, 2.24) is 19.7 Å². The van der Waals surface area contributed by atoms with E-state index in [1.54, 1.807) is 23.8 Å². The number of aromatic nitrogens is 4. The minimum absolute atomic E-state index is 0.0536. The molecule has 4 aromatic rings. The summed E-state index contributed by atoms with van der Waals surface area (Å²) < 4.78 is 26.7. The lowest BCUT2D eigenvalue weighted by Crippen LogP contribution is -2.45. The first kappa shape index (κ1) is 39.0. The van der Waals surface area contributed by atoms with Crippen LogP contribution in [0.1, 0.15) is 43.2 Å². The lowest BCUT2D eigenvalue weighted by molar-refractivity contribution is 0.0594. The van der Waals surface area contributed by atoms with E-state index in [0.717, 1.165) is 33.2 Å². The van der Waals surface area contributed by atoms with Crippen LogP contribution in [0.4, 0.5) is 16.8 Å². The molecule has 4 rings (SSSR count). The van der Waals surface area contributed by atoms with Crippen LogP contribution in [-0.4, -0.2) is 82.2 Å². The van der Waals surface area contributed by atoms with Crippen LogP contribution in [0.5, 0.6) is 0 Å². The van der Waals surface area contributed by atoms with E-state index in [0.29, 0.717) is 43.1 Å². The predicted molar refractivity (Wildman–Crippen MR) is 205 cm³/mol. The number of methoxy groups -OCH3 is 2. The second kappa shape index (κ2) is 16.5. The number of nitrogens with zero attached hydrogens (tertiary/aromatic N) is 6. The Balaban J connectivity index is 1.67. The van der Waals surface area contributed by atoms with Crippen molar-refractivity contribution in [1.29, 1.82) is 0 Å². The maximum Gasteiger partial charge on any atom is 0.357 e. The molecule has 0 radical (unpaired) electrons. The van der Waals surface area contributed by atoms with Crippen molar-refractivity contribution in [3.05, 3.63) is 51.8 Å². The molecule has 11 nitrogen and oxygen atoms in total. The first-order valence-electron chi connectivity index (χ1n) is 16.6. The fourth-order valence-electron chi connectivity index (χ4n) is 4.69. The number of para-hydroxylation sites is 1. The second-order valence-corrected chi connectivity index (χ2v) is 27.1. The topological polar surface area (TPSA) is 113 Å². The number of benzene rings is 1. The summed E-state index contributed by atoms with van der Waals surface area (Å²) in [6, 6.07) is 11.3. The molecule has 49 heavy (non-hydrogen) atoms. The number of anilines is 2. The molecule has 0 N–H and O–H groups in total. The highest BCUT2D eigenvalue weighted by Crippen LogP contribution is 2.38. The summed E-state index contributed by atoms with van der Waals surface area (Å²) in [5.74, 6) is 0.641. The third-order valence-corrected chi connectivity index (χ3v) is 16.8. The molecule has 15 heteroatoms. The van der Waals surface area contributed by atoms with Crippen LogP contribution in [0.25, 0.3) is 10.2 Å². The predicted octanol–water partition coefficient (Wildman–Crippen LogP) is 8.15. The van der Waals surface area contributed by atoms with Crippen molar-refractivity contribution < 1.29 is 23.4 Å². The Morgan fingerprint density at radius 3 is 2.49 bits per heavy atom. The summed E-state index contributed by atoms with van der Waals surface area (Å²) in [5.41, 5.74) is 2.17. The Morgan fingerprint density at radius 1 is 1.10 bits per heavy atom. The number of rotatable bonds is 16. The standard InChI is InChI=1S/C34H52N6O5S2Si2/c1-24-20-29(37-38-30(24)36-33-40(23-44-18-19-48(7,8)9)27-14-12-13-15-28(27)47-33)39(32-35-26(22-46-32)31(41)43-6)17-16-25(21-42-5)45-49(10,11)34(2,3)4/h12-15,20,22,25H,16-19,21,23H2,1-11H3/b36-33-. The molecule has 0 fully saturated rings. The zero-order valence-electron chi connectivity index (χ0n) is 30.8. The molecule has 0 aliphatic carbocycles. The smallest absolute Gasteiger partial charge is 0.357 e. The molecule has 0 spiro atoms. The van der Waals surface area contributed by atoms with E-state index < -0.39 is 22.4 Å². The second-order valence-electron chi connectivity index (χ2n) is 14.9. The van der Waals surface area contributed by atoms with E-state index in [1.807, 2.05) is 30.0 Å². The number of fused-ring (bicyclic) bond motifs is 1. The molecule has 0 aliphatic heterocycles. The van der Waals surface area contributed by atoms with Crippen LogP contribution < -0.4 is 9.70 Å². The summed E-state index contributed by atoms with van der Waals surface area (Å²) in [6.07, 6.45) is 0.521. The van der Waals surface area contributed by atoms with Crippen molar-refractivity contribution in [3.63, 3.8) is 0 Å². The van der Waals surface area contributed by atoms with Gasteiger partial charge in [0.25, 0.3) is 0 Å². The quantitative estimate of drug-likeness (QED) is 0.0637. The van der Waals surface area contributed by atoms with E-state index in [4.69, 9.17) is 23.6 Å². The fraction of sp³-hybridized carbons (Fsp3) is 0.559. The minimum Gasteiger partial charge on any atom is -0.464 e. The van der Waals surface area contributed by atoms with Gasteiger partial charge in [-0.05, 0) is 61.3 Å². The van der Waals surface area contributed by atoms with Crippen LogP contribution in [0.15, 0.2) is 40.7 Å². The van der Waals surface area contributed by atoms with Crippen LogP contribution in [0.2, 0.25) is 43.8 Å². The molecule has 1 atom stereocenters. The monoisotopic (exact) mass is 744 g/mol. The van der Waals surface area contributed by atoms with Crippen LogP contribution in [0.3, 0.4) is 0 Å². The number of thiazole rings is 2. The Bertz CT molecular complexity index is 1780. The van der Waals surface area contributed by atoms with E-state index in [9.17, 15) is 4.79 Å². The molecule has 268 valence electrons. The van der Waals surface area contributed by atoms with Gasteiger partial charge in [-0.15, -0.1) is 21.5 Å². The van der Waals surface area contributed by atoms with E-state index >= 15 is 0 Å². The van der Waals surface area contributed by atoms with Gasteiger partial charge in [0.1, 0.15) is 6.73 Å². The maximum atomic E-state index is 12.3. The van der Waals surface area contributed by atoms with Crippen molar-refractivity contribution in [2.75, 3.05) is 38.9 Å². The molecule has 0 aliphatic rings. The van der Waals surface area contributed by atoms with Gasteiger partial charge >= 0.3 is 5.97 Å². The zero-order chi connectivity index (χ0) is 36.0. The third-order valence-electron chi connectivity index (χ3n) is 8.64. The molecule has 3 aromatic heterocycles. The van der Waals surface area contributed by atoms with Crippen molar-refractivity contribution in [2.45, 2.75) is 90.8 Å². The van der Waals surface area contributed by atoms with Gasteiger partial charge in [-0.25, -0.2) is 9.78 Å². The van der Waals surface area contributed by atoms with E-state index in [2.05, 4.69) is 85.4 Å². The minimum atomic E-state index is -2.06. The van der Waals surface area contributed by atoms with Gasteiger partial charge in [-0.1, -0.05) is 63.9 Å². The van der Waals surface area contributed by atoms with Gasteiger partial charge in [0.05, 0.1) is 30.0 Å². The van der Waals surface area contributed by atoms with Gasteiger partial charge in [0.2, 0.25) is 0 Å². The number of aryl methyl sites for hydroxylation is 1. The SMILES string of the molecule is COCC(CCN(c1cc(C)c(/N=c2\sc3ccccc3n2COCC[Si](C)(C)C)nn1)c1nc(C(=O)OC)cs1)O[Si](C)(C)C(C)(C)C. The summed E-state index contributed by atoms with van der Waals surface area (Å²) in [4.78, 5) is 24.7. The Morgan fingerprint density at radius 2 is 1.84 bits per heavy atom. The maximum absolute atomic E-state index is 12.3. The zero-order valence-corrected chi connectivity index (χ0v) is 34.5. The Kier molecular flexibility index (Phi) is 13.1. The molecule has 0 saturated carbocycles. The largest absolute Gasteiger partial charge is 0.464 e. The van der Waals surface area contributed by atoms with Gasteiger partial charge in [-0.2, -0.15) is 4.99 Å². The van der Waals surface area contributed by atoms with Crippen molar-refractivity contribution in [3.8, 4) is 0 Å². The third kappa shape index (κ3) is 10.4. The Labute approximate surface area is 300 Å². The molecule has 0 saturated heterocycles. The van der Waals surface area contributed by atoms with Gasteiger partial charge in [-0.3, -0.25) is 4.57 Å². The van der Waals surface area contributed by atoms with Crippen LogP contribution in [-0.2, 0) is 25.4 Å². The number of esters is 1. The van der Waals surface area contributed by atoms with Crippen molar-refractivity contribution in [2.24, 2.45) is 4.99 Å². The number of carbonyl (C=O) groups is 1. The Hall–Kier alpha value is -2.80. The summed E-state index contributed by atoms with van der Waals surface area (Å²) in [7, 11) is -0.229. The molecule has 3 heterocycles. The highest BCUT2D eigenvalue weighted by Gasteiger charge is 2.39.